The van der Waals surface area contributed by atoms with Crippen molar-refractivity contribution >= 4 is 32.6 Å². The summed E-state index contributed by atoms with van der Waals surface area (Å²) >= 11 is 0. The number of nitrogens with zero attached hydrogens (tertiary/aromatic N) is 1. The molecule has 8 nitrogen and oxygen atoms in total. The lowest BCUT2D eigenvalue weighted by Gasteiger charge is -2.35. The summed E-state index contributed by atoms with van der Waals surface area (Å²) in [5.41, 5.74) is 1.60. The third-order valence-corrected chi connectivity index (χ3v) is 9.20. The van der Waals surface area contributed by atoms with E-state index >= 15 is 0 Å². The fraction of sp³-hybridized carbons (Fsp3) is 0.344. The van der Waals surface area contributed by atoms with E-state index in [1.165, 1.54) is 30.7 Å². The first-order valence-corrected chi connectivity index (χ1v) is 15.9. The molecule has 2 aromatic heterocycles. The summed E-state index contributed by atoms with van der Waals surface area (Å²) in [5, 5.41) is 7.26. The number of sulfone groups is 1. The quantitative estimate of drug-likeness (QED) is 0.257. The van der Waals surface area contributed by atoms with Gasteiger partial charge in [0.05, 0.1) is 16.6 Å². The van der Waals surface area contributed by atoms with Crippen molar-refractivity contribution in [2.24, 2.45) is 5.92 Å². The molecule has 5 rings (SSSR count). The Balaban J connectivity index is 1.47. The third-order valence-electron chi connectivity index (χ3n) is 8.07. The van der Waals surface area contributed by atoms with Gasteiger partial charge in [-0.25, -0.2) is 8.42 Å². The lowest BCUT2D eigenvalue weighted by molar-refractivity contribution is -0.128. The highest BCUT2D eigenvalue weighted by molar-refractivity contribution is 7.90. The van der Waals surface area contributed by atoms with Gasteiger partial charge >= 0.3 is 0 Å². The highest BCUT2D eigenvalue weighted by Gasteiger charge is 2.39. The van der Waals surface area contributed by atoms with Crippen LogP contribution in [0.5, 0.6) is 0 Å². The monoisotopic (exact) mass is 572 g/mol. The first-order chi connectivity index (χ1) is 19.6. The molecule has 0 bridgehead atoms. The number of H-pyrrole nitrogens is 1. The highest BCUT2D eigenvalue weighted by atomic mass is 32.2. The number of hydrogen-bond acceptors (Lipinski definition) is 5. The molecular formula is C32H36N4O4S. The summed E-state index contributed by atoms with van der Waals surface area (Å²) in [5.74, 6) is -0.515. The first-order valence-electron chi connectivity index (χ1n) is 14.0. The van der Waals surface area contributed by atoms with Crippen molar-refractivity contribution in [3.05, 3.63) is 95.9 Å². The molecule has 0 radical (unpaired) electrons. The number of fused-ring (bicyclic) bond motifs is 1. The van der Waals surface area contributed by atoms with E-state index in [9.17, 15) is 18.0 Å². The average Bonchev–Trinajstić information content (AvgIpc) is 3.38. The van der Waals surface area contributed by atoms with Crippen molar-refractivity contribution in [1.82, 2.24) is 20.6 Å². The van der Waals surface area contributed by atoms with Crippen molar-refractivity contribution in [2.75, 3.05) is 6.26 Å². The normalized spacial score (nSPS) is 16.5. The van der Waals surface area contributed by atoms with E-state index < -0.39 is 21.3 Å². The fourth-order valence-corrected chi connectivity index (χ4v) is 6.41. The van der Waals surface area contributed by atoms with Gasteiger partial charge in [0.2, 0.25) is 5.91 Å². The maximum atomic E-state index is 14.3. The molecule has 0 spiro atoms. The smallest absolute Gasteiger partial charge is 0.252 e. The first kappa shape index (κ1) is 28.5. The molecule has 2 atom stereocenters. The average molecular weight is 573 g/mol. The number of pyridine rings is 1. The molecule has 1 unspecified atom stereocenters. The molecule has 2 amide bonds. The number of aromatic nitrogens is 2. The zero-order valence-electron chi connectivity index (χ0n) is 23.4. The maximum absolute atomic E-state index is 14.3. The van der Waals surface area contributed by atoms with Crippen LogP contribution >= 0.6 is 0 Å². The molecule has 9 heteroatoms. The van der Waals surface area contributed by atoms with Gasteiger partial charge in [0.15, 0.2) is 9.84 Å². The molecule has 2 aromatic carbocycles. The maximum Gasteiger partial charge on any atom is 0.252 e. The molecule has 1 fully saturated rings. The van der Waals surface area contributed by atoms with Gasteiger partial charge in [-0.15, -0.1) is 0 Å². The van der Waals surface area contributed by atoms with Crippen LogP contribution in [0.1, 0.15) is 66.7 Å². The minimum absolute atomic E-state index is 0.124. The van der Waals surface area contributed by atoms with Crippen molar-refractivity contribution in [2.45, 2.75) is 61.9 Å². The van der Waals surface area contributed by atoms with Gasteiger partial charge in [-0.2, -0.15) is 0 Å². The molecule has 1 saturated carbocycles. The zero-order valence-corrected chi connectivity index (χ0v) is 24.2. The van der Waals surface area contributed by atoms with Gasteiger partial charge in [0.1, 0.15) is 5.54 Å². The molecule has 1 aliphatic carbocycles. The molecule has 4 aromatic rings. The van der Waals surface area contributed by atoms with E-state index in [0.29, 0.717) is 0 Å². The second-order valence-electron chi connectivity index (χ2n) is 11.2. The fourth-order valence-electron chi connectivity index (χ4n) is 5.78. The van der Waals surface area contributed by atoms with Gasteiger partial charge in [-0.05, 0) is 73.7 Å². The number of aromatic amines is 1. The molecule has 214 valence electrons. The van der Waals surface area contributed by atoms with E-state index in [-0.39, 0.29) is 34.7 Å². The predicted octanol–water partition coefficient (Wildman–Crippen LogP) is 5.14. The van der Waals surface area contributed by atoms with Gasteiger partial charge < -0.3 is 15.6 Å². The minimum Gasteiger partial charge on any atom is -0.361 e. The topological polar surface area (TPSA) is 121 Å². The van der Waals surface area contributed by atoms with Crippen molar-refractivity contribution < 1.29 is 18.0 Å². The van der Waals surface area contributed by atoms with Gasteiger partial charge in [0.25, 0.3) is 5.91 Å². The van der Waals surface area contributed by atoms with E-state index in [0.717, 1.165) is 54.1 Å². The Morgan fingerprint density at radius 3 is 2.39 bits per heavy atom. The number of para-hydroxylation sites is 1. The Bertz CT molecular complexity index is 1630. The van der Waals surface area contributed by atoms with E-state index in [4.69, 9.17) is 0 Å². The molecular weight excluding hydrogens is 536 g/mol. The number of rotatable bonds is 9. The standard InChI is InChI=1S/C32H36N4O4S/c1-32(20-24-21-34-27-13-7-6-12-26(24)27,36-30(37)23-15-17-25(18-16-23)41(2,39)40)31(38)35-29(22-10-4-3-5-11-22)28-14-8-9-19-33-28/h6-9,12-19,21-22,29,34H,3-5,10-11,20H2,1-2H3,(H,35,38)(H,36,37)/t29?,32-/m0/s1. The second-order valence-corrected chi connectivity index (χ2v) is 13.2. The van der Waals surface area contributed by atoms with Crippen LogP contribution in [0.3, 0.4) is 0 Å². The van der Waals surface area contributed by atoms with E-state index in [1.807, 2.05) is 48.7 Å². The van der Waals surface area contributed by atoms with E-state index in [1.54, 1.807) is 13.1 Å². The van der Waals surface area contributed by atoms with Crippen LogP contribution in [0.25, 0.3) is 10.9 Å². The summed E-state index contributed by atoms with van der Waals surface area (Å²) in [7, 11) is -3.40. The van der Waals surface area contributed by atoms with E-state index in [2.05, 4.69) is 20.6 Å². The van der Waals surface area contributed by atoms with Crippen LogP contribution in [0.2, 0.25) is 0 Å². The molecule has 1 aliphatic rings. The summed E-state index contributed by atoms with van der Waals surface area (Å²) in [6.07, 6.45) is 10.4. The van der Waals surface area contributed by atoms with Gasteiger partial charge in [-0.3, -0.25) is 14.6 Å². The lowest BCUT2D eigenvalue weighted by Crippen LogP contribution is -2.59. The van der Waals surface area contributed by atoms with Crippen LogP contribution in [0.4, 0.5) is 0 Å². The van der Waals surface area contributed by atoms with Crippen molar-refractivity contribution in [3.63, 3.8) is 0 Å². The second kappa shape index (κ2) is 11.9. The van der Waals surface area contributed by atoms with Crippen LogP contribution in [0, 0.1) is 5.92 Å². The molecule has 41 heavy (non-hydrogen) atoms. The Kier molecular flexibility index (Phi) is 8.26. The predicted molar refractivity (Wildman–Crippen MR) is 159 cm³/mol. The molecule has 0 saturated heterocycles. The molecule has 0 aliphatic heterocycles. The van der Waals surface area contributed by atoms with Crippen LogP contribution in [0.15, 0.2) is 84.0 Å². The van der Waals surface area contributed by atoms with Crippen LogP contribution in [-0.4, -0.2) is 42.0 Å². The SMILES string of the molecule is C[C@@](Cc1c[nH]c2ccccc12)(NC(=O)c1ccc(S(C)(=O)=O)cc1)C(=O)NC(c1ccccn1)C1CCCCC1. The number of amides is 2. The van der Waals surface area contributed by atoms with Crippen LogP contribution < -0.4 is 10.6 Å². The number of carbonyl (C=O) groups is 2. The minimum atomic E-state index is -3.40. The summed E-state index contributed by atoms with van der Waals surface area (Å²) in [6, 6.07) is 19.0. The Morgan fingerprint density at radius 2 is 1.71 bits per heavy atom. The third kappa shape index (κ3) is 6.51. The zero-order chi connectivity index (χ0) is 29.0. The van der Waals surface area contributed by atoms with Crippen LogP contribution in [-0.2, 0) is 21.1 Å². The molecule has 3 N–H and O–H groups in total. The molecule has 2 heterocycles. The summed E-state index contributed by atoms with van der Waals surface area (Å²) in [6.45, 7) is 1.74. The Labute approximate surface area is 240 Å². The Morgan fingerprint density at radius 1 is 1.00 bits per heavy atom. The Hall–Kier alpha value is -3.98. The number of hydrogen-bond donors (Lipinski definition) is 3. The van der Waals surface area contributed by atoms with Gasteiger partial charge in [0, 0.05) is 41.5 Å². The lowest BCUT2D eigenvalue weighted by atomic mass is 9.81. The largest absolute Gasteiger partial charge is 0.361 e. The summed E-state index contributed by atoms with van der Waals surface area (Å²) in [4.78, 5) is 35.8. The van der Waals surface area contributed by atoms with Crippen molar-refractivity contribution in [1.29, 1.82) is 0 Å². The number of carbonyl (C=O) groups excluding carboxylic acids is 2. The number of nitrogens with one attached hydrogen (secondary N) is 3. The highest BCUT2D eigenvalue weighted by Crippen LogP contribution is 2.34. The van der Waals surface area contributed by atoms with Gasteiger partial charge in [-0.1, -0.05) is 43.5 Å². The summed E-state index contributed by atoms with van der Waals surface area (Å²) < 4.78 is 23.8. The van der Waals surface area contributed by atoms with Crippen molar-refractivity contribution in [3.8, 4) is 0 Å². The number of benzene rings is 2.